The number of methoxy groups -OCH3 is 1. The molecule has 1 saturated heterocycles. The number of piperazine rings is 1. The van der Waals surface area contributed by atoms with E-state index in [1.807, 2.05) is 24.3 Å². The molecule has 0 aliphatic carbocycles. The molecule has 3 rings (SSSR count). The first-order chi connectivity index (χ1) is 15.8. The van der Waals surface area contributed by atoms with E-state index in [-0.39, 0.29) is 17.1 Å². The number of anilines is 2. The van der Waals surface area contributed by atoms with E-state index in [2.05, 4.69) is 48.0 Å². The summed E-state index contributed by atoms with van der Waals surface area (Å²) in [6, 6.07) is 13.6. The van der Waals surface area contributed by atoms with Crippen molar-refractivity contribution in [1.82, 2.24) is 4.90 Å². The third-order valence-electron chi connectivity index (χ3n) is 6.31. The molecule has 0 bridgehead atoms. The lowest BCUT2D eigenvalue weighted by Crippen LogP contribution is -2.46. The van der Waals surface area contributed by atoms with Crippen molar-refractivity contribution in [1.29, 1.82) is 0 Å². The summed E-state index contributed by atoms with van der Waals surface area (Å²) >= 11 is 0. The SMILES string of the molecule is COc1ccccc1N1CCN(CCCCCC(=O)Nc2cc(C(C)(C)C)ccc2O)CC1. The molecule has 2 N–H and O–H groups in total. The highest BCUT2D eigenvalue weighted by molar-refractivity contribution is 5.92. The van der Waals surface area contributed by atoms with Crippen LogP contribution in [0.2, 0.25) is 0 Å². The topological polar surface area (TPSA) is 65.0 Å². The largest absolute Gasteiger partial charge is 0.506 e. The number of ether oxygens (including phenoxy) is 1. The molecule has 2 aromatic rings. The average Bonchev–Trinajstić information content (AvgIpc) is 2.80. The summed E-state index contributed by atoms with van der Waals surface area (Å²) < 4.78 is 5.50. The van der Waals surface area contributed by atoms with E-state index in [0.717, 1.165) is 63.3 Å². The van der Waals surface area contributed by atoms with Gasteiger partial charge in [-0.1, -0.05) is 45.4 Å². The summed E-state index contributed by atoms with van der Waals surface area (Å²) in [5, 5.41) is 13.0. The molecule has 6 heteroatoms. The molecule has 1 aliphatic heterocycles. The molecule has 2 aromatic carbocycles. The Balaban J connectivity index is 1.34. The normalized spacial score (nSPS) is 14.8. The quantitative estimate of drug-likeness (QED) is 0.412. The molecular weight excluding hydrogens is 414 g/mol. The van der Waals surface area contributed by atoms with Crippen molar-refractivity contribution in [2.75, 3.05) is 50.1 Å². The number of nitrogens with one attached hydrogen (secondary N) is 1. The molecule has 180 valence electrons. The van der Waals surface area contributed by atoms with Crippen molar-refractivity contribution in [3.8, 4) is 11.5 Å². The maximum absolute atomic E-state index is 12.4. The van der Waals surface area contributed by atoms with E-state index in [1.54, 1.807) is 13.2 Å². The second-order valence-electron chi connectivity index (χ2n) is 9.84. The number of amides is 1. The minimum atomic E-state index is -0.0400. The highest BCUT2D eigenvalue weighted by Gasteiger charge is 2.19. The zero-order chi connectivity index (χ0) is 23.8. The Labute approximate surface area is 198 Å². The Hall–Kier alpha value is -2.73. The van der Waals surface area contributed by atoms with Gasteiger partial charge < -0.3 is 20.1 Å². The number of phenols is 1. The number of carbonyl (C=O) groups excluding carboxylic acids is 1. The molecule has 0 aromatic heterocycles. The molecule has 6 nitrogen and oxygen atoms in total. The van der Waals surface area contributed by atoms with Crippen LogP contribution >= 0.6 is 0 Å². The average molecular weight is 454 g/mol. The predicted octanol–water partition coefficient (Wildman–Crippen LogP) is 5.02. The molecule has 1 aliphatic rings. The highest BCUT2D eigenvalue weighted by atomic mass is 16.5. The summed E-state index contributed by atoms with van der Waals surface area (Å²) in [4.78, 5) is 17.3. The van der Waals surface area contributed by atoms with Gasteiger partial charge in [-0.25, -0.2) is 0 Å². The number of hydrogen-bond acceptors (Lipinski definition) is 5. The van der Waals surface area contributed by atoms with Crippen LogP contribution < -0.4 is 15.0 Å². The van der Waals surface area contributed by atoms with Gasteiger partial charge in [-0.3, -0.25) is 9.69 Å². The first-order valence-electron chi connectivity index (χ1n) is 12.0. The zero-order valence-corrected chi connectivity index (χ0v) is 20.6. The van der Waals surface area contributed by atoms with Crippen LogP contribution in [0.25, 0.3) is 0 Å². The van der Waals surface area contributed by atoms with E-state index in [9.17, 15) is 9.90 Å². The summed E-state index contributed by atoms with van der Waals surface area (Å²) in [5.41, 5.74) is 2.72. The molecule has 1 fully saturated rings. The third-order valence-corrected chi connectivity index (χ3v) is 6.31. The Morgan fingerprint density at radius 2 is 1.76 bits per heavy atom. The van der Waals surface area contributed by atoms with Gasteiger partial charge in [0.25, 0.3) is 0 Å². The molecule has 33 heavy (non-hydrogen) atoms. The van der Waals surface area contributed by atoms with Crippen molar-refractivity contribution in [2.24, 2.45) is 0 Å². The second kappa shape index (κ2) is 11.4. The number of nitrogens with zero attached hydrogens (tertiary/aromatic N) is 2. The number of aromatic hydroxyl groups is 1. The van der Waals surface area contributed by atoms with E-state index >= 15 is 0 Å². The molecular formula is C27H39N3O3. The lowest BCUT2D eigenvalue weighted by atomic mass is 9.87. The molecule has 0 spiro atoms. The summed E-state index contributed by atoms with van der Waals surface area (Å²) in [5.74, 6) is 1.01. The van der Waals surface area contributed by atoms with Crippen LogP contribution in [0.4, 0.5) is 11.4 Å². The fourth-order valence-electron chi connectivity index (χ4n) is 4.22. The number of benzene rings is 2. The smallest absolute Gasteiger partial charge is 0.224 e. The van der Waals surface area contributed by atoms with Gasteiger partial charge >= 0.3 is 0 Å². The first kappa shape index (κ1) is 24.9. The van der Waals surface area contributed by atoms with Crippen molar-refractivity contribution < 1.29 is 14.6 Å². The minimum absolute atomic E-state index is 0.0359. The van der Waals surface area contributed by atoms with Gasteiger partial charge in [0.05, 0.1) is 18.5 Å². The maximum Gasteiger partial charge on any atom is 0.224 e. The lowest BCUT2D eigenvalue weighted by Gasteiger charge is -2.36. The van der Waals surface area contributed by atoms with Gasteiger partial charge in [-0.05, 0) is 54.6 Å². The lowest BCUT2D eigenvalue weighted by molar-refractivity contribution is -0.116. The van der Waals surface area contributed by atoms with Crippen LogP contribution in [-0.2, 0) is 10.2 Å². The fourth-order valence-corrected chi connectivity index (χ4v) is 4.22. The number of hydrogen-bond donors (Lipinski definition) is 2. The maximum atomic E-state index is 12.4. The van der Waals surface area contributed by atoms with Crippen LogP contribution in [0.3, 0.4) is 0 Å². The van der Waals surface area contributed by atoms with Gasteiger partial charge in [-0.15, -0.1) is 0 Å². The number of carbonyl (C=O) groups is 1. The second-order valence-corrected chi connectivity index (χ2v) is 9.84. The van der Waals surface area contributed by atoms with Crippen molar-refractivity contribution in [3.05, 3.63) is 48.0 Å². The van der Waals surface area contributed by atoms with Crippen molar-refractivity contribution in [3.63, 3.8) is 0 Å². The highest BCUT2D eigenvalue weighted by Crippen LogP contribution is 2.31. The predicted molar refractivity (Wildman–Crippen MR) is 136 cm³/mol. The van der Waals surface area contributed by atoms with E-state index < -0.39 is 0 Å². The van der Waals surface area contributed by atoms with Gasteiger partial charge in [-0.2, -0.15) is 0 Å². The van der Waals surface area contributed by atoms with Crippen LogP contribution in [0.1, 0.15) is 52.0 Å². The number of unbranched alkanes of at least 4 members (excludes halogenated alkanes) is 2. The van der Waals surface area contributed by atoms with Crippen LogP contribution in [-0.4, -0.2) is 55.7 Å². The molecule has 0 radical (unpaired) electrons. The van der Waals surface area contributed by atoms with E-state index in [0.29, 0.717) is 12.1 Å². The summed E-state index contributed by atoms with van der Waals surface area (Å²) in [6.45, 7) is 11.5. The molecule has 0 saturated carbocycles. The monoisotopic (exact) mass is 453 g/mol. The molecule has 1 heterocycles. The minimum Gasteiger partial charge on any atom is -0.506 e. The Morgan fingerprint density at radius 1 is 1.03 bits per heavy atom. The number of para-hydroxylation sites is 2. The number of phenolic OH excluding ortho intramolecular Hbond substituents is 1. The van der Waals surface area contributed by atoms with Crippen molar-refractivity contribution in [2.45, 2.75) is 51.9 Å². The fraction of sp³-hybridized carbons (Fsp3) is 0.519. The van der Waals surface area contributed by atoms with Gasteiger partial charge in [0.15, 0.2) is 0 Å². The van der Waals surface area contributed by atoms with Crippen LogP contribution in [0, 0.1) is 0 Å². The van der Waals surface area contributed by atoms with E-state index in [4.69, 9.17) is 4.74 Å². The third kappa shape index (κ3) is 7.13. The summed E-state index contributed by atoms with van der Waals surface area (Å²) in [7, 11) is 1.72. The molecule has 0 unspecified atom stereocenters. The van der Waals surface area contributed by atoms with Crippen LogP contribution in [0.15, 0.2) is 42.5 Å². The summed E-state index contributed by atoms with van der Waals surface area (Å²) in [6.07, 6.45) is 3.44. The van der Waals surface area contributed by atoms with Gasteiger partial charge in [0.1, 0.15) is 11.5 Å². The Morgan fingerprint density at radius 3 is 2.45 bits per heavy atom. The van der Waals surface area contributed by atoms with Crippen LogP contribution in [0.5, 0.6) is 11.5 Å². The van der Waals surface area contributed by atoms with Gasteiger partial charge in [0.2, 0.25) is 5.91 Å². The first-order valence-corrected chi connectivity index (χ1v) is 12.0. The Bertz CT molecular complexity index is 915. The van der Waals surface area contributed by atoms with Crippen molar-refractivity contribution >= 4 is 17.3 Å². The Kier molecular flexibility index (Phi) is 8.61. The standard InChI is InChI=1S/C27H39N3O3/c1-27(2,3)21-13-14-24(31)22(20-21)28-26(32)12-6-5-9-15-29-16-18-30(19-17-29)23-10-7-8-11-25(23)33-4/h7-8,10-11,13-14,20,31H,5-6,9,12,15-19H2,1-4H3,(H,28,32). The van der Waals surface area contributed by atoms with Gasteiger partial charge in [0, 0.05) is 32.6 Å². The molecule has 0 atom stereocenters. The zero-order valence-electron chi connectivity index (χ0n) is 20.6. The molecule has 1 amide bonds. The number of rotatable bonds is 9. The van der Waals surface area contributed by atoms with E-state index in [1.165, 1.54) is 5.69 Å².